The lowest BCUT2D eigenvalue weighted by molar-refractivity contribution is -0.138. The number of fused-ring (bicyclic) bond motifs is 2. The van der Waals surface area contributed by atoms with Crippen LogP contribution in [0.4, 0.5) is 0 Å². The normalized spacial score (nSPS) is 27.8. The van der Waals surface area contributed by atoms with E-state index in [1.54, 1.807) is 13.0 Å². The maximum Gasteiger partial charge on any atom is 0.268 e. The summed E-state index contributed by atoms with van der Waals surface area (Å²) in [5, 5.41) is 6.76. The maximum absolute atomic E-state index is 13.2. The molecule has 33 heavy (non-hydrogen) atoms. The van der Waals surface area contributed by atoms with E-state index in [1.165, 1.54) is 6.42 Å². The van der Waals surface area contributed by atoms with Crippen molar-refractivity contribution in [3.05, 3.63) is 36.0 Å². The number of piperidine rings is 1. The number of benzene rings is 1. The zero-order valence-electron chi connectivity index (χ0n) is 19.5. The fourth-order valence-electron chi connectivity index (χ4n) is 6.05. The van der Waals surface area contributed by atoms with Crippen LogP contribution in [0.15, 0.2) is 30.3 Å². The van der Waals surface area contributed by atoms with Crippen LogP contribution in [-0.4, -0.2) is 52.8 Å². The van der Waals surface area contributed by atoms with Crippen molar-refractivity contribution in [2.75, 3.05) is 13.1 Å². The molecule has 3 aliphatic rings. The Bertz CT molecular complexity index is 1020. The molecule has 7 nitrogen and oxygen atoms in total. The van der Waals surface area contributed by atoms with Gasteiger partial charge in [-0.2, -0.15) is 0 Å². The summed E-state index contributed by atoms with van der Waals surface area (Å²) in [5.41, 5.74) is 1.32. The van der Waals surface area contributed by atoms with E-state index in [0.717, 1.165) is 43.1 Å². The third-order valence-corrected chi connectivity index (χ3v) is 8.13. The van der Waals surface area contributed by atoms with Gasteiger partial charge >= 0.3 is 0 Å². The third-order valence-electron chi connectivity index (χ3n) is 8.13. The van der Waals surface area contributed by atoms with Gasteiger partial charge in [0.05, 0.1) is 6.04 Å². The van der Waals surface area contributed by atoms with Crippen LogP contribution >= 0.6 is 0 Å². The first-order chi connectivity index (χ1) is 15.9. The van der Waals surface area contributed by atoms with E-state index in [-0.39, 0.29) is 29.7 Å². The number of carbonyl (C=O) groups excluding carboxylic acids is 3. The first-order valence-electron chi connectivity index (χ1n) is 12.4. The smallest absolute Gasteiger partial charge is 0.268 e. The minimum Gasteiger partial charge on any atom is -0.352 e. The molecule has 1 aliphatic heterocycles. The van der Waals surface area contributed by atoms with Crippen molar-refractivity contribution >= 4 is 28.6 Å². The largest absolute Gasteiger partial charge is 0.352 e. The molecule has 0 spiro atoms. The summed E-state index contributed by atoms with van der Waals surface area (Å²) in [6.07, 6.45) is 5.50. The lowest BCUT2D eigenvalue weighted by Crippen LogP contribution is -2.51. The zero-order valence-corrected chi connectivity index (χ0v) is 19.5. The summed E-state index contributed by atoms with van der Waals surface area (Å²) in [7, 11) is 0. The number of likely N-dealkylation sites (tertiary alicyclic amines) is 1. The van der Waals surface area contributed by atoms with Crippen molar-refractivity contribution in [1.82, 2.24) is 20.5 Å². The van der Waals surface area contributed by atoms with Crippen LogP contribution in [0, 0.1) is 23.7 Å². The molecule has 1 aromatic heterocycles. The van der Waals surface area contributed by atoms with E-state index in [4.69, 9.17) is 0 Å². The van der Waals surface area contributed by atoms with Crippen LogP contribution in [0.1, 0.15) is 56.4 Å². The first kappa shape index (κ1) is 22.0. The Morgan fingerprint density at radius 2 is 1.91 bits per heavy atom. The molecule has 0 radical (unpaired) electrons. The van der Waals surface area contributed by atoms with Crippen molar-refractivity contribution in [2.24, 2.45) is 23.7 Å². The fraction of sp³-hybridized carbons (Fsp3) is 0.577. The highest BCUT2D eigenvalue weighted by Crippen LogP contribution is 2.55. The van der Waals surface area contributed by atoms with E-state index in [2.05, 4.69) is 27.4 Å². The maximum atomic E-state index is 13.2. The highest BCUT2D eigenvalue weighted by Gasteiger charge is 2.60. The second kappa shape index (κ2) is 8.84. The van der Waals surface area contributed by atoms with Crippen LogP contribution in [-0.2, 0) is 9.59 Å². The number of carbonyl (C=O) groups is 3. The van der Waals surface area contributed by atoms with Gasteiger partial charge in [0, 0.05) is 29.9 Å². The second-order valence-corrected chi connectivity index (χ2v) is 10.2. The van der Waals surface area contributed by atoms with Gasteiger partial charge in [-0.1, -0.05) is 44.4 Å². The number of H-pyrrole nitrogens is 1. The van der Waals surface area contributed by atoms with Crippen molar-refractivity contribution < 1.29 is 14.4 Å². The van der Waals surface area contributed by atoms with E-state index in [0.29, 0.717) is 30.0 Å². The molecule has 5 rings (SSSR count). The van der Waals surface area contributed by atoms with Crippen molar-refractivity contribution in [3.63, 3.8) is 0 Å². The summed E-state index contributed by atoms with van der Waals surface area (Å²) < 4.78 is 0. The Balaban J connectivity index is 1.17. The number of aromatic nitrogens is 1. The molecule has 0 bridgehead atoms. The van der Waals surface area contributed by atoms with Crippen LogP contribution in [0.5, 0.6) is 0 Å². The molecule has 2 unspecified atom stereocenters. The Morgan fingerprint density at radius 1 is 1.15 bits per heavy atom. The van der Waals surface area contributed by atoms with Crippen LogP contribution in [0.3, 0.4) is 0 Å². The standard InChI is InChI=1S/C26H34N4O3/c1-15-19-14-30(26(33)17-8-4-3-5-9-17)22(23(15)19)13-27-24(31)16(2)28-25(32)21-12-18-10-6-7-11-20(18)29-21/h6-7,10-12,15-17,19,22-23,29H,3-5,8-9,13-14H2,1-2H3,(H,27,31)(H,28,32)/t15?,16-,19+,22+,23?/m0/s1. The molecule has 7 heteroatoms. The minimum absolute atomic E-state index is 0.0694. The van der Waals surface area contributed by atoms with Gasteiger partial charge in [0.2, 0.25) is 11.8 Å². The number of amides is 3. The Hall–Kier alpha value is -2.83. The monoisotopic (exact) mass is 450 g/mol. The van der Waals surface area contributed by atoms with Gasteiger partial charge in [-0.25, -0.2) is 0 Å². The van der Waals surface area contributed by atoms with E-state index in [9.17, 15) is 14.4 Å². The van der Waals surface area contributed by atoms with Crippen LogP contribution in [0.25, 0.3) is 10.9 Å². The van der Waals surface area contributed by atoms with Crippen LogP contribution in [0.2, 0.25) is 0 Å². The SMILES string of the molecule is CC1C2[C@@H]1CN(C(=O)C1CCCCC1)[C@@H]2CNC(=O)[C@H](C)NC(=O)c1cc2ccccc2[nH]1. The molecule has 1 aromatic carbocycles. The molecule has 2 aliphatic carbocycles. The number of rotatable bonds is 6. The molecule has 2 aromatic rings. The van der Waals surface area contributed by atoms with Gasteiger partial charge in [0.1, 0.15) is 11.7 Å². The molecular formula is C26H34N4O3. The van der Waals surface area contributed by atoms with Crippen molar-refractivity contribution in [1.29, 1.82) is 0 Å². The summed E-state index contributed by atoms with van der Waals surface area (Å²) in [5.74, 6) is 1.57. The topological polar surface area (TPSA) is 94.3 Å². The predicted octanol–water partition coefficient (Wildman–Crippen LogP) is 3.08. The third kappa shape index (κ3) is 4.25. The second-order valence-electron chi connectivity index (χ2n) is 10.2. The number of nitrogens with one attached hydrogen (secondary N) is 3. The summed E-state index contributed by atoms with van der Waals surface area (Å²) in [6.45, 7) is 5.22. The first-order valence-corrected chi connectivity index (χ1v) is 12.4. The Morgan fingerprint density at radius 3 is 2.67 bits per heavy atom. The molecule has 3 fully saturated rings. The summed E-state index contributed by atoms with van der Waals surface area (Å²) in [4.78, 5) is 43.8. The predicted molar refractivity (Wildman–Crippen MR) is 126 cm³/mol. The lowest BCUT2D eigenvalue weighted by atomic mass is 9.88. The molecule has 1 saturated heterocycles. The molecule has 5 atom stereocenters. The summed E-state index contributed by atoms with van der Waals surface area (Å²) >= 11 is 0. The highest BCUT2D eigenvalue weighted by atomic mass is 16.2. The Kier molecular flexibility index (Phi) is 5.89. The van der Waals surface area contributed by atoms with Gasteiger partial charge in [-0.15, -0.1) is 0 Å². The van der Waals surface area contributed by atoms with Gasteiger partial charge in [0.25, 0.3) is 5.91 Å². The van der Waals surface area contributed by atoms with E-state index < -0.39 is 6.04 Å². The van der Waals surface area contributed by atoms with Crippen molar-refractivity contribution in [3.8, 4) is 0 Å². The molecule has 3 amide bonds. The molecule has 2 saturated carbocycles. The fourth-order valence-corrected chi connectivity index (χ4v) is 6.05. The number of aromatic amines is 1. The average molecular weight is 451 g/mol. The number of hydrogen-bond acceptors (Lipinski definition) is 3. The van der Waals surface area contributed by atoms with Crippen molar-refractivity contribution in [2.45, 2.75) is 58.0 Å². The zero-order chi connectivity index (χ0) is 23.1. The quantitative estimate of drug-likeness (QED) is 0.631. The van der Waals surface area contributed by atoms with Gasteiger partial charge in [-0.3, -0.25) is 14.4 Å². The van der Waals surface area contributed by atoms with Gasteiger partial charge in [0.15, 0.2) is 0 Å². The van der Waals surface area contributed by atoms with Gasteiger partial charge < -0.3 is 20.5 Å². The molecular weight excluding hydrogens is 416 g/mol. The number of nitrogens with zero attached hydrogens (tertiary/aromatic N) is 1. The minimum atomic E-state index is -0.666. The van der Waals surface area contributed by atoms with E-state index >= 15 is 0 Å². The van der Waals surface area contributed by atoms with Crippen LogP contribution < -0.4 is 10.6 Å². The highest BCUT2D eigenvalue weighted by molar-refractivity contribution is 6.00. The molecule has 3 N–H and O–H groups in total. The molecule has 176 valence electrons. The van der Waals surface area contributed by atoms with E-state index in [1.807, 2.05) is 24.3 Å². The Labute approximate surface area is 194 Å². The lowest BCUT2D eigenvalue weighted by Gasteiger charge is -2.33. The number of para-hydroxylation sites is 1. The average Bonchev–Trinajstić information content (AvgIpc) is 3.19. The number of hydrogen-bond donors (Lipinski definition) is 3. The van der Waals surface area contributed by atoms with Gasteiger partial charge in [-0.05, 0) is 49.7 Å². The molecule has 2 heterocycles. The summed E-state index contributed by atoms with van der Waals surface area (Å²) in [6, 6.07) is 8.87.